The lowest BCUT2D eigenvalue weighted by molar-refractivity contribution is -0.137. The molecule has 1 fully saturated rings. The van der Waals surface area contributed by atoms with Crippen LogP contribution in [0.15, 0.2) is 42.7 Å². The number of rotatable bonds is 4. The van der Waals surface area contributed by atoms with E-state index in [2.05, 4.69) is 15.4 Å². The molecule has 5 rings (SSSR count). The Morgan fingerprint density at radius 3 is 2.46 bits per heavy atom. The summed E-state index contributed by atoms with van der Waals surface area (Å²) >= 11 is 0. The van der Waals surface area contributed by atoms with Crippen molar-refractivity contribution in [1.29, 1.82) is 0 Å². The van der Waals surface area contributed by atoms with Crippen molar-refractivity contribution < 1.29 is 27.4 Å². The Labute approximate surface area is 200 Å². The fourth-order valence-electron chi connectivity index (χ4n) is 4.61. The SMILES string of the molecule is CC(C)c1c(C(=O)Nc2ccc3c(c2)OC2(CCCCC2)O3)cnn1-c1ccc(C(F)(F)F)cn1. The number of nitrogens with zero attached hydrogens (tertiary/aromatic N) is 3. The van der Waals surface area contributed by atoms with E-state index in [0.717, 1.165) is 37.9 Å². The number of aromatic nitrogens is 3. The second kappa shape index (κ2) is 8.58. The number of halogens is 3. The summed E-state index contributed by atoms with van der Waals surface area (Å²) in [6.45, 7) is 3.75. The lowest BCUT2D eigenvalue weighted by Crippen LogP contribution is -2.40. The van der Waals surface area contributed by atoms with Crippen molar-refractivity contribution in [1.82, 2.24) is 14.8 Å². The van der Waals surface area contributed by atoms with Gasteiger partial charge in [0.25, 0.3) is 11.7 Å². The Morgan fingerprint density at radius 1 is 1.06 bits per heavy atom. The van der Waals surface area contributed by atoms with Gasteiger partial charge in [-0.2, -0.15) is 18.3 Å². The number of benzene rings is 1. The molecule has 1 saturated carbocycles. The zero-order chi connectivity index (χ0) is 24.8. The van der Waals surface area contributed by atoms with Crippen LogP contribution in [-0.2, 0) is 6.18 Å². The van der Waals surface area contributed by atoms with E-state index in [1.807, 2.05) is 13.8 Å². The highest BCUT2D eigenvalue weighted by molar-refractivity contribution is 6.05. The molecule has 3 heterocycles. The molecule has 1 spiro atoms. The number of hydrogen-bond donors (Lipinski definition) is 1. The lowest BCUT2D eigenvalue weighted by atomic mass is 9.94. The van der Waals surface area contributed by atoms with Gasteiger partial charge in [-0.3, -0.25) is 4.79 Å². The fraction of sp³-hybridized carbons (Fsp3) is 0.400. The molecule has 1 aromatic carbocycles. The number of anilines is 1. The van der Waals surface area contributed by atoms with Gasteiger partial charge in [-0.1, -0.05) is 20.3 Å². The van der Waals surface area contributed by atoms with Gasteiger partial charge in [0.15, 0.2) is 17.3 Å². The third-order valence-electron chi connectivity index (χ3n) is 6.30. The molecule has 3 aromatic rings. The van der Waals surface area contributed by atoms with Gasteiger partial charge in [-0.25, -0.2) is 9.67 Å². The molecule has 2 aliphatic rings. The van der Waals surface area contributed by atoms with Crippen molar-refractivity contribution >= 4 is 11.6 Å². The van der Waals surface area contributed by atoms with Crippen molar-refractivity contribution in [2.24, 2.45) is 0 Å². The van der Waals surface area contributed by atoms with Gasteiger partial charge in [0.1, 0.15) is 0 Å². The monoisotopic (exact) mass is 486 g/mol. The largest absolute Gasteiger partial charge is 0.448 e. The quantitative estimate of drug-likeness (QED) is 0.483. The van der Waals surface area contributed by atoms with Gasteiger partial charge in [0.2, 0.25) is 0 Å². The molecule has 184 valence electrons. The molecule has 1 N–H and O–H groups in total. The molecule has 0 unspecified atom stereocenters. The standard InChI is InChI=1S/C25H25F3N4O3/c1-15(2)22-18(14-30-32(22)21-9-6-16(13-29-21)25(26,27)28)23(33)31-17-7-8-19-20(12-17)35-24(34-19)10-4-3-5-11-24/h6-9,12-15H,3-5,10-11H2,1-2H3,(H,31,33). The molecule has 1 aliphatic carbocycles. The molecule has 0 saturated heterocycles. The number of carbonyl (C=O) groups is 1. The first kappa shape index (κ1) is 23.2. The first-order valence-electron chi connectivity index (χ1n) is 11.6. The van der Waals surface area contributed by atoms with E-state index < -0.39 is 23.4 Å². The molecule has 1 amide bonds. The molecule has 35 heavy (non-hydrogen) atoms. The fourth-order valence-corrected chi connectivity index (χ4v) is 4.61. The van der Waals surface area contributed by atoms with Crippen LogP contribution < -0.4 is 14.8 Å². The van der Waals surface area contributed by atoms with Gasteiger partial charge in [-0.15, -0.1) is 0 Å². The minimum Gasteiger partial charge on any atom is -0.448 e. The summed E-state index contributed by atoms with van der Waals surface area (Å²) in [4.78, 5) is 17.1. The predicted octanol–water partition coefficient (Wildman–Crippen LogP) is 6.09. The molecule has 2 aromatic heterocycles. The van der Waals surface area contributed by atoms with Crippen molar-refractivity contribution in [3.05, 3.63) is 59.5 Å². The first-order chi connectivity index (χ1) is 16.7. The number of pyridine rings is 1. The van der Waals surface area contributed by atoms with Gasteiger partial charge in [0, 0.05) is 30.8 Å². The van der Waals surface area contributed by atoms with Crippen molar-refractivity contribution in [2.75, 3.05) is 5.32 Å². The van der Waals surface area contributed by atoms with Crippen LogP contribution in [0.25, 0.3) is 5.82 Å². The zero-order valence-electron chi connectivity index (χ0n) is 19.4. The van der Waals surface area contributed by atoms with E-state index in [-0.39, 0.29) is 11.7 Å². The normalized spacial score (nSPS) is 16.6. The number of nitrogens with one attached hydrogen (secondary N) is 1. The Hall–Kier alpha value is -3.56. The summed E-state index contributed by atoms with van der Waals surface area (Å²) in [6, 6.07) is 7.46. The number of hydrogen-bond acceptors (Lipinski definition) is 5. The Balaban J connectivity index is 1.37. The van der Waals surface area contributed by atoms with Crippen LogP contribution in [-0.4, -0.2) is 26.5 Å². The van der Waals surface area contributed by atoms with Gasteiger partial charge >= 0.3 is 6.18 Å². The van der Waals surface area contributed by atoms with Gasteiger partial charge in [-0.05, 0) is 43.0 Å². The van der Waals surface area contributed by atoms with Crippen LogP contribution in [0.1, 0.15) is 73.5 Å². The summed E-state index contributed by atoms with van der Waals surface area (Å²) in [5.74, 6) is 0.307. The predicted molar refractivity (Wildman–Crippen MR) is 122 cm³/mol. The molecule has 0 radical (unpaired) electrons. The van der Waals surface area contributed by atoms with E-state index in [0.29, 0.717) is 28.4 Å². The maximum atomic E-state index is 13.2. The number of fused-ring (bicyclic) bond motifs is 1. The molecular weight excluding hydrogens is 461 g/mol. The minimum absolute atomic E-state index is 0.148. The average molecular weight is 486 g/mol. The van der Waals surface area contributed by atoms with Crippen molar-refractivity contribution in [3.8, 4) is 17.3 Å². The number of carbonyl (C=O) groups excluding carboxylic acids is 1. The third-order valence-corrected chi connectivity index (χ3v) is 6.30. The summed E-state index contributed by atoms with van der Waals surface area (Å²) in [5, 5.41) is 7.12. The molecule has 1 aliphatic heterocycles. The van der Waals surface area contributed by atoms with Crippen LogP contribution in [0, 0.1) is 0 Å². The van der Waals surface area contributed by atoms with E-state index in [9.17, 15) is 18.0 Å². The van der Waals surface area contributed by atoms with Gasteiger partial charge < -0.3 is 14.8 Å². The first-order valence-corrected chi connectivity index (χ1v) is 11.6. The molecule has 0 atom stereocenters. The summed E-state index contributed by atoms with van der Waals surface area (Å²) in [7, 11) is 0. The van der Waals surface area contributed by atoms with Crippen LogP contribution in [0.5, 0.6) is 11.5 Å². The Bertz CT molecular complexity index is 1250. The van der Waals surface area contributed by atoms with Crippen molar-refractivity contribution in [3.63, 3.8) is 0 Å². The van der Waals surface area contributed by atoms with Crippen LogP contribution >= 0.6 is 0 Å². The van der Waals surface area contributed by atoms with E-state index in [4.69, 9.17) is 9.47 Å². The molecular formula is C25H25F3N4O3. The summed E-state index contributed by atoms with van der Waals surface area (Å²) < 4.78 is 52.3. The number of alkyl halides is 3. The van der Waals surface area contributed by atoms with Crippen LogP contribution in [0.3, 0.4) is 0 Å². The number of amides is 1. The highest BCUT2D eigenvalue weighted by atomic mass is 19.4. The lowest BCUT2D eigenvalue weighted by Gasteiger charge is -2.31. The number of ether oxygens (including phenoxy) is 2. The molecule has 10 heteroatoms. The van der Waals surface area contributed by atoms with E-state index >= 15 is 0 Å². The summed E-state index contributed by atoms with van der Waals surface area (Å²) in [6.07, 6.45) is 2.60. The van der Waals surface area contributed by atoms with Crippen molar-refractivity contribution in [2.45, 2.75) is 63.8 Å². The average Bonchev–Trinajstić information content (AvgIpc) is 3.40. The summed E-state index contributed by atoms with van der Waals surface area (Å²) in [5.41, 5.74) is 0.537. The maximum Gasteiger partial charge on any atom is 0.417 e. The highest BCUT2D eigenvalue weighted by Gasteiger charge is 2.42. The third kappa shape index (κ3) is 4.44. The van der Waals surface area contributed by atoms with Gasteiger partial charge in [0.05, 0.1) is 23.0 Å². The Kier molecular flexibility index (Phi) is 5.69. The van der Waals surface area contributed by atoms with E-state index in [1.165, 1.54) is 23.4 Å². The Morgan fingerprint density at radius 2 is 1.80 bits per heavy atom. The zero-order valence-corrected chi connectivity index (χ0v) is 19.4. The smallest absolute Gasteiger partial charge is 0.417 e. The van der Waals surface area contributed by atoms with E-state index in [1.54, 1.807) is 18.2 Å². The second-order valence-electron chi connectivity index (χ2n) is 9.20. The maximum absolute atomic E-state index is 13.2. The van der Waals surface area contributed by atoms with Crippen LogP contribution in [0.2, 0.25) is 0 Å². The topological polar surface area (TPSA) is 78.3 Å². The highest BCUT2D eigenvalue weighted by Crippen LogP contribution is 2.46. The second-order valence-corrected chi connectivity index (χ2v) is 9.20. The molecule has 7 nitrogen and oxygen atoms in total. The van der Waals surface area contributed by atoms with Crippen LogP contribution in [0.4, 0.5) is 18.9 Å². The molecule has 0 bridgehead atoms. The minimum atomic E-state index is -4.48.